The maximum Gasteiger partial charge on any atom is 0.250 e. The van der Waals surface area contributed by atoms with Crippen LogP contribution in [0.2, 0.25) is 5.02 Å². The van der Waals surface area contributed by atoms with E-state index in [0.717, 1.165) is 0 Å². The van der Waals surface area contributed by atoms with Crippen molar-refractivity contribution in [2.75, 3.05) is 38.0 Å². The summed E-state index contributed by atoms with van der Waals surface area (Å²) in [5, 5.41) is 3.16. The zero-order chi connectivity index (χ0) is 21.0. The van der Waals surface area contributed by atoms with Crippen LogP contribution in [0.5, 0.6) is 0 Å². The predicted molar refractivity (Wildman–Crippen MR) is 110 cm³/mol. The third kappa shape index (κ3) is 4.87. The van der Waals surface area contributed by atoms with Crippen molar-refractivity contribution in [2.45, 2.75) is 4.90 Å². The zero-order valence-corrected chi connectivity index (χ0v) is 17.1. The summed E-state index contributed by atoms with van der Waals surface area (Å²) in [5.41, 5.74) is 6.00. The molecule has 2 aromatic rings. The minimum absolute atomic E-state index is 0.0255. The first-order valence-corrected chi connectivity index (χ1v) is 10.8. The number of carbonyl (C=O) groups is 2. The van der Waals surface area contributed by atoms with E-state index in [0.29, 0.717) is 18.8 Å². The molecular weight excluding hydrogens is 416 g/mol. The van der Waals surface area contributed by atoms with E-state index in [1.165, 1.54) is 16.4 Å². The monoisotopic (exact) mass is 436 g/mol. The maximum absolute atomic E-state index is 12.6. The molecule has 154 valence electrons. The van der Waals surface area contributed by atoms with Crippen LogP contribution in [0.4, 0.5) is 5.69 Å². The topological polar surface area (TPSA) is 113 Å². The highest BCUT2D eigenvalue weighted by molar-refractivity contribution is 7.89. The summed E-state index contributed by atoms with van der Waals surface area (Å²) in [4.78, 5) is 25.5. The van der Waals surface area contributed by atoms with Crippen molar-refractivity contribution in [1.29, 1.82) is 0 Å². The first-order chi connectivity index (χ1) is 13.8. The smallest absolute Gasteiger partial charge is 0.250 e. The van der Waals surface area contributed by atoms with Crippen molar-refractivity contribution < 1.29 is 18.0 Å². The number of anilines is 1. The van der Waals surface area contributed by atoms with Crippen LogP contribution in [0.1, 0.15) is 10.4 Å². The van der Waals surface area contributed by atoms with Gasteiger partial charge in [-0.15, -0.1) is 0 Å². The second-order valence-corrected chi connectivity index (χ2v) is 8.86. The molecule has 0 aromatic heterocycles. The number of sulfonamides is 1. The van der Waals surface area contributed by atoms with Crippen LogP contribution in [-0.2, 0) is 14.8 Å². The quantitative estimate of drug-likeness (QED) is 0.710. The van der Waals surface area contributed by atoms with E-state index in [9.17, 15) is 18.0 Å². The lowest BCUT2D eigenvalue weighted by Gasteiger charge is -2.34. The van der Waals surface area contributed by atoms with E-state index >= 15 is 0 Å². The number of piperazine rings is 1. The standard InChI is InChI=1S/C19H21ClN4O4S/c20-17-12-14(6-7-16(17)19(21)26)22-13-18(25)23-8-10-24(11-9-23)29(27,28)15-4-2-1-3-5-15/h1-7,12,22H,8-11,13H2,(H2,21,26). The van der Waals surface area contributed by atoms with Gasteiger partial charge in [-0.3, -0.25) is 9.59 Å². The number of nitrogens with zero attached hydrogens (tertiary/aromatic N) is 2. The molecule has 0 radical (unpaired) electrons. The van der Waals surface area contributed by atoms with Crippen molar-refractivity contribution in [2.24, 2.45) is 5.73 Å². The molecule has 29 heavy (non-hydrogen) atoms. The summed E-state index contributed by atoms with van der Waals surface area (Å²) in [6.07, 6.45) is 0. The number of hydrogen-bond acceptors (Lipinski definition) is 5. The van der Waals surface area contributed by atoms with Crippen molar-refractivity contribution >= 4 is 39.1 Å². The molecule has 0 aliphatic carbocycles. The van der Waals surface area contributed by atoms with E-state index in [1.807, 2.05) is 0 Å². The first kappa shape index (κ1) is 21.1. The number of benzene rings is 2. The van der Waals surface area contributed by atoms with Crippen LogP contribution in [0.3, 0.4) is 0 Å². The number of amides is 2. The first-order valence-electron chi connectivity index (χ1n) is 8.95. The summed E-state index contributed by atoms with van der Waals surface area (Å²) in [7, 11) is -3.56. The molecule has 3 N–H and O–H groups in total. The van der Waals surface area contributed by atoms with Gasteiger partial charge < -0.3 is 16.0 Å². The Labute approximate surface area is 174 Å². The number of nitrogens with two attached hydrogens (primary N) is 1. The van der Waals surface area contributed by atoms with Crippen molar-refractivity contribution in [3.63, 3.8) is 0 Å². The third-order valence-corrected chi connectivity index (χ3v) is 6.88. The maximum atomic E-state index is 12.6. The highest BCUT2D eigenvalue weighted by atomic mass is 35.5. The molecule has 1 aliphatic rings. The van der Waals surface area contributed by atoms with Crippen molar-refractivity contribution in [1.82, 2.24) is 9.21 Å². The summed E-state index contributed by atoms with van der Waals surface area (Å²) >= 11 is 6.00. The Kier molecular flexibility index (Phi) is 6.41. The molecule has 2 aromatic carbocycles. The molecule has 1 fully saturated rings. The van der Waals surface area contributed by atoms with Crippen LogP contribution >= 0.6 is 11.6 Å². The number of nitrogens with one attached hydrogen (secondary N) is 1. The molecule has 10 heteroatoms. The molecule has 3 rings (SSSR count). The number of rotatable bonds is 6. The molecule has 0 atom stereocenters. The summed E-state index contributed by atoms with van der Waals surface area (Å²) in [6, 6.07) is 12.9. The van der Waals surface area contributed by atoms with Crippen LogP contribution in [-0.4, -0.2) is 62.2 Å². The fourth-order valence-electron chi connectivity index (χ4n) is 3.03. The Morgan fingerprint density at radius 1 is 1.03 bits per heavy atom. The van der Waals surface area contributed by atoms with Crippen molar-refractivity contribution in [3.8, 4) is 0 Å². The van der Waals surface area contributed by atoms with E-state index in [4.69, 9.17) is 17.3 Å². The van der Waals surface area contributed by atoms with E-state index < -0.39 is 15.9 Å². The highest BCUT2D eigenvalue weighted by Crippen LogP contribution is 2.21. The van der Waals surface area contributed by atoms with Gasteiger partial charge in [-0.05, 0) is 30.3 Å². The molecular formula is C19H21ClN4O4S. The fourth-order valence-corrected chi connectivity index (χ4v) is 4.75. The normalized spacial score (nSPS) is 15.1. The Morgan fingerprint density at radius 3 is 2.28 bits per heavy atom. The minimum Gasteiger partial charge on any atom is -0.376 e. The molecule has 0 unspecified atom stereocenters. The molecule has 0 spiro atoms. The predicted octanol–water partition coefficient (Wildman–Crippen LogP) is 1.38. The van der Waals surface area contributed by atoms with Gasteiger partial charge in [-0.25, -0.2) is 8.42 Å². The van der Waals surface area contributed by atoms with Gasteiger partial charge in [-0.2, -0.15) is 4.31 Å². The zero-order valence-electron chi connectivity index (χ0n) is 15.5. The Morgan fingerprint density at radius 2 is 1.69 bits per heavy atom. The third-order valence-electron chi connectivity index (χ3n) is 4.65. The summed E-state index contributed by atoms with van der Waals surface area (Å²) in [5.74, 6) is -0.780. The van der Waals surface area contributed by atoms with Gasteiger partial charge in [0.1, 0.15) is 0 Å². The van der Waals surface area contributed by atoms with Crippen LogP contribution in [0, 0.1) is 0 Å². The van der Waals surface area contributed by atoms with E-state index in [1.54, 1.807) is 41.3 Å². The Balaban J connectivity index is 1.54. The van der Waals surface area contributed by atoms with Gasteiger partial charge in [0.05, 0.1) is 22.0 Å². The second-order valence-electron chi connectivity index (χ2n) is 6.51. The SMILES string of the molecule is NC(=O)c1ccc(NCC(=O)N2CCN(S(=O)(=O)c3ccccc3)CC2)cc1Cl. The van der Waals surface area contributed by atoms with Crippen molar-refractivity contribution in [3.05, 3.63) is 59.1 Å². The van der Waals surface area contributed by atoms with Gasteiger partial charge in [-0.1, -0.05) is 29.8 Å². The lowest BCUT2D eigenvalue weighted by Crippen LogP contribution is -2.51. The minimum atomic E-state index is -3.56. The average molecular weight is 437 g/mol. The number of hydrogen-bond donors (Lipinski definition) is 2. The molecule has 1 saturated heterocycles. The van der Waals surface area contributed by atoms with Gasteiger partial charge in [0, 0.05) is 31.9 Å². The van der Waals surface area contributed by atoms with Gasteiger partial charge in [0.2, 0.25) is 21.8 Å². The lowest BCUT2D eigenvalue weighted by molar-refractivity contribution is -0.130. The fraction of sp³-hybridized carbons (Fsp3) is 0.263. The van der Waals surface area contributed by atoms with Gasteiger partial charge >= 0.3 is 0 Å². The van der Waals surface area contributed by atoms with E-state index in [2.05, 4.69) is 5.32 Å². The molecule has 0 saturated carbocycles. The van der Waals surface area contributed by atoms with Gasteiger partial charge in [0.25, 0.3) is 0 Å². The largest absolute Gasteiger partial charge is 0.376 e. The molecule has 1 heterocycles. The number of halogens is 1. The molecule has 8 nitrogen and oxygen atoms in total. The van der Waals surface area contributed by atoms with Gasteiger partial charge in [0.15, 0.2) is 0 Å². The van der Waals surface area contributed by atoms with Crippen LogP contribution in [0.15, 0.2) is 53.4 Å². The summed E-state index contributed by atoms with van der Waals surface area (Å²) in [6.45, 7) is 1.13. The van der Waals surface area contributed by atoms with E-state index in [-0.39, 0.29) is 41.0 Å². The highest BCUT2D eigenvalue weighted by Gasteiger charge is 2.29. The Bertz CT molecular complexity index is 1010. The number of carbonyl (C=O) groups excluding carboxylic acids is 2. The Hall–Kier alpha value is -2.62. The molecule has 1 aliphatic heterocycles. The number of primary amides is 1. The second kappa shape index (κ2) is 8.81. The molecule has 2 amide bonds. The summed E-state index contributed by atoms with van der Waals surface area (Å²) < 4.78 is 26.7. The van der Waals surface area contributed by atoms with Crippen LogP contribution < -0.4 is 11.1 Å². The lowest BCUT2D eigenvalue weighted by atomic mass is 10.2. The average Bonchev–Trinajstić information content (AvgIpc) is 2.72. The molecule has 0 bridgehead atoms. The van der Waals surface area contributed by atoms with Crippen LogP contribution in [0.25, 0.3) is 0 Å².